The van der Waals surface area contributed by atoms with Crippen molar-refractivity contribution in [1.29, 1.82) is 0 Å². The zero-order chi connectivity index (χ0) is 10.7. The summed E-state index contributed by atoms with van der Waals surface area (Å²) in [7, 11) is 0. The van der Waals surface area contributed by atoms with Gasteiger partial charge >= 0.3 is 0 Å². The lowest BCUT2D eigenvalue weighted by molar-refractivity contribution is 0.686. The minimum atomic E-state index is 0.580. The lowest BCUT2D eigenvalue weighted by Gasteiger charge is -2.03. The highest BCUT2D eigenvalue weighted by molar-refractivity contribution is 9.10. The lowest BCUT2D eigenvalue weighted by atomic mass is 10.1. The molecule has 0 saturated carbocycles. The van der Waals surface area contributed by atoms with Crippen LogP contribution in [-0.2, 0) is 13.1 Å². The van der Waals surface area contributed by atoms with E-state index < -0.39 is 0 Å². The second-order valence-electron chi connectivity index (χ2n) is 3.38. The molecule has 2 aromatic rings. The van der Waals surface area contributed by atoms with Crippen molar-refractivity contribution < 1.29 is 0 Å². The summed E-state index contributed by atoms with van der Waals surface area (Å²) < 4.78 is 2.89. The number of hydrogen-bond acceptors (Lipinski definition) is 2. The van der Waals surface area contributed by atoms with Crippen LogP contribution in [0.3, 0.4) is 0 Å². The van der Waals surface area contributed by atoms with Crippen LogP contribution in [0.15, 0.2) is 41.1 Å². The van der Waals surface area contributed by atoms with Gasteiger partial charge in [0, 0.05) is 12.7 Å². The van der Waals surface area contributed by atoms with Gasteiger partial charge in [0.05, 0.1) is 17.2 Å². The fourth-order valence-electron chi connectivity index (χ4n) is 1.47. The zero-order valence-electron chi connectivity index (χ0n) is 8.23. The first kappa shape index (κ1) is 10.4. The number of halogens is 1. The molecule has 0 aliphatic carbocycles. The van der Waals surface area contributed by atoms with E-state index >= 15 is 0 Å². The van der Waals surface area contributed by atoms with Crippen LogP contribution < -0.4 is 5.73 Å². The van der Waals surface area contributed by atoms with Crippen LogP contribution in [-0.4, -0.2) is 9.78 Å². The molecule has 4 heteroatoms. The largest absolute Gasteiger partial charge is 0.326 e. The van der Waals surface area contributed by atoms with Gasteiger partial charge in [0.25, 0.3) is 0 Å². The molecule has 2 rings (SSSR count). The molecule has 0 amide bonds. The fraction of sp³-hybridized carbons (Fsp3) is 0.182. The third kappa shape index (κ3) is 2.67. The highest BCUT2D eigenvalue weighted by Crippen LogP contribution is 2.10. The summed E-state index contributed by atoms with van der Waals surface area (Å²) in [6.07, 6.45) is 3.74. The molecule has 0 spiro atoms. The molecule has 0 radical (unpaired) electrons. The smallest absolute Gasteiger partial charge is 0.0659 e. The van der Waals surface area contributed by atoms with E-state index in [4.69, 9.17) is 5.73 Å². The molecule has 15 heavy (non-hydrogen) atoms. The highest BCUT2D eigenvalue weighted by atomic mass is 79.9. The third-order valence-corrected chi connectivity index (χ3v) is 2.58. The van der Waals surface area contributed by atoms with Gasteiger partial charge in [-0.25, -0.2) is 0 Å². The summed E-state index contributed by atoms with van der Waals surface area (Å²) in [6.45, 7) is 1.36. The number of hydrogen-bond donors (Lipinski definition) is 1. The van der Waals surface area contributed by atoms with Gasteiger partial charge in [0.1, 0.15) is 0 Å². The Hall–Kier alpha value is -1.13. The zero-order valence-corrected chi connectivity index (χ0v) is 9.81. The van der Waals surface area contributed by atoms with Gasteiger partial charge in [-0.15, -0.1) is 0 Å². The maximum atomic E-state index is 5.59. The molecule has 0 saturated heterocycles. The molecule has 3 nitrogen and oxygen atoms in total. The Bertz CT molecular complexity index is 451. The Balaban J connectivity index is 2.16. The molecular formula is C11H12BrN3. The summed E-state index contributed by atoms with van der Waals surface area (Å²) in [5, 5.41) is 4.21. The molecule has 0 bridgehead atoms. The van der Waals surface area contributed by atoms with Crippen LogP contribution >= 0.6 is 15.9 Å². The molecule has 0 fully saturated rings. The Kier molecular flexibility index (Phi) is 3.18. The molecule has 0 unspecified atom stereocenters. The SMILES string of the molecule is NCc1cccc(Cn2cc(Br)cn2)c1. The molecular weight excluding hydrogens is 254 g/mol. The van der Waals surface area contributed by atoms with E-state index in [-0.39, 0.29) is 0 Å². The summed E-state index contributed by atoms with van der Waals surface area (Å²) in [4.78, 5) is 0. The predicted octanol–water partition coefficient (Wildman–Crippen LogP) is 2.15. The summed E-state index contributed by atoms with van der Waals surface area (Å²) in [5.41, 5.74) is 7.95. The maximum absolute atomic E-state index is 5.59. The van der Waals surface area contributed by atoms with Gasteiger partial charge < -0.3 is 5.73 Å². The van der Waals surface area contributed by atoms with Gasteiger partial charge in [0.15, 0.2) is 0 Å². The van der Waals surface area contributed by atoms with Gasteiger partial charge in [0.2, 0.25) is 0 Å². The minimum Gasteiger partial charge on any atom is -0.326 e. The monoisotopic (exact) mass is 265 g/mol. The summed E-state index contributed by atoms with van der Waals surface area (Å²) >= 11 is 3.37. The van der Waals surface area contributed by atoms with Crippen molar-refractivity contribution in [2.75, 3.05) is 0 Å². The normalized spacial score (nSPS) is 10.5. The number of aromatic nitrogens is 2. The molecule has 1 aromatic carbocycles. The van der Waals surface area contributed by atoms with E-state index in [9.17, 15) is 0 Å². The Morgan fingerprint density at radius 1 is 1.33 bits per heavy atom. The van der Waals surface area contributed by atoms with Crippen molar-refractivity contribution in [3.8, 4) is 0 Å². The van der Waals surface area contributed by atoms with Gasteiger partial charge in [-0.05, 0) is 27.1 Å². The first-order valence-corrected chi connectivity index (χ1v) is 5.53. The Morgan fingerprint density at radius 3 is 2.80 bits per heavy atom. The van der Waals surface area contributed by atoms with Crippen molar-refractivity contribution in [2.24, 2.45) is 5.73 Å². The number of benzene rings is 1. The van der Waals surface area contributed by atoms with Crippen molar-refractivity contribution in [1.82, 2.24) is 9.78 Å². The Morgan fingerprint density at radius 2 is 2.13 bits per heavy atom. The first-order valence-electron chi connectivity index (χ1n) is 4.74. The molecule has 0 aliphatic rings. The van der Waals surface area contributed by atoms with E-state index in [0.717, 1.165) is 16.6 Å². The average Bonchev–Trinajstić information content (AvgIpc) is 2.64. The molecule has 78 valence electrons. The van der Waals surface area contributed by atoms with Crippen LogP contribution in [0.4, 0.5) is 0 Å². The molecule has 0 aliphatic heterocycles. The van der Waals surface area contributed by atoms with Crippen LogP contribution in [0, 0.1) is 0 Å². The molecule has 1 heterocycles. The van der Waals surface area contributed by atoms with E-state index in [1.54, 1.807) is 6.20 Å². The topological polar surface area (TPSA) is 43.8 Å². The minimum absolute atomic E-state index is 0.580. The molecule has 1 aromatic heterocycles. The van der Waals surface area contributed by atoms with Gasteiger partial charge in [-0.1, -0.05) is 24.3 Å². The summed E-state index contributed by atoms with van der Waals surface area (Å²) in [5.74, 6) is 0. The number of nitrogens with two attached hydrogens (primary N) is 1. The average molecular weight is 266 g/mol. The standard InChI is InChI=1S/C11H12BrN3/c12-11-6-14-15(8-11)7-10-3-1-2-9(4-10)5-13/h1-4,6,8H,5,7,13H2. The summed E-state index contributed by atoms with van der Waals surface area (Å²) in [6, 6.07) is 8.24. The second-order valence-corrected chi connectivity index (χ2v) is 4.30. The van der Waals surface area contributed by atoms with E-state index in [0.29, 0.717) is 6.54 Å². The molecule has 2 N–H and O–H groups in total. The quantitative estimate of drug-likeness (QED) is 0.925. The van der Waals surface area contributed by atoms with Gasteiger partial charge in [-0.2, -0.15) is 5.10 Å². The molecule has 0 atom stereocenters. The third-order valence-electron chi connectivity index (χ3n) is 2.17. The number of rotatable bonds is 3. The fourth-order valence-corrected chi connectivity index (χ4v) is 1.79. The van der Waals surface area contributed by atoms with Crippen LogP contribution in [0.25, 0.3) is 0 Å². The van der Waals surface area contributed by atoms with E-state index in [2.05, 4.69) is 33.2 Å². The first-order chi connectivity index (χ1) is 7.28. The number of nitrogens with zero attached hydrogens (tertiary/aromatic N) is 2. The van der Waals surface area contributed by atoms with E-state index in [1.807, 2.05) is 23.0 Å². The maximum Gasteiger partial charge on any atom is 0.0659 e. The lowest BCUT2D eigenvalue weighted by Crippen LogP contribution is -2.02. The van der Waals surface area contributed by atoms with Crippen molar-refractivity contribution >= 4 is 15.9 Å². The van der Waals surface area contributed by atoms with Crippen LogP contribution in [0.5, 0.6) is 0 Å². The van der Waals surface area contributed by atoms with Crippen molar-refractivity contribution in [2.45, 2.75) is 13.1 Å². The van der Waals surface area contributed by atoms with Crippen LogP contribution in [0.2, 0.25) is 0 Å². The van der Waals surface area contributed by atoms with E-state index in [1.165, 1.54) is 5.56 Å². The van der Waals surface area contributed by atoms with Crippen molar-refractivity contribution in [3.63, 3.8) is 0 Å². The van der Waals surface area contributed by atoms with Crippen molar-refractivity contribution in [3.05, 3.63) is 52.3 Å². The highest BCUT2D eigenvalue weighted by Gasteiger charge is 1.98. The second kappa shape index (κ2) is 4.59. The van der Waals surface area contributed by atoms with Gasteiger partial charge in [-0.3, -0.25) is 4.68 Å². The van der Waals surface area contributed by atoms with Crippen LogP contribution in [0.1, 0.15) is 11.1 Å². The predicted molar refractivity (Wildman–Crippen MR) is 63.4 cm³/mol. The Labute approximate surface area is 97.0 Å².